The maximum atomic E-state index is 13.4. The van der Waals surface area contributed by atoms with Crippen LogP contribution in [0.25, 0.3) is 0 Å². The van der Waals surface area contributed by atoms with Crippen LogP contribution in [0.2, 0.25) is 0 Å². The van der Waals surface area contributed by atoms with Crippen molar-refractivity contribution in [3.05, 3.63) is 35.4 Å². The highest BCUT2D eigenvalue weighted by molar-refractivity contribution is 5.32. The van der Waals surface area contributed by atoms with Crippen LogP contribution in [0.5, 0.6) is 0 Å². The largest absolute Gasteiger partial charge is 0.416 e. The minimum atomic E-state index is -4.55. The first-order valence-corrected chi connectivity index (χ1v) is 4.40. The van der Waals surface area contributed by atoms with Crippen LogP contribution in [0.15, 0.2) is 24.3 Å². The van der Waals surface area contributed by atoms with Gasteiger partial charge in [0.15, 0.2) is 0 Å². The lowest BCUT2D eigenvalue weighted by molar-refractivity contribution is -0.138. The van der Waals surface area contributed by atoms with Gasteiger partial charge in [-0.25, -0.2) is 4.39 Å². The molecular formula is C10H11F4N. The van der Waals surface area contributed by atoms with Crippen molar-refractivity contribution < 1.29 is 17.6 Å². The molecule has 2 N–H and O–H groups in total. The molecule has 0 amide bonds. The summed E-state index contributed by atoms with van der Waals surface area (Å²) in [6.45, 7) is 1.33. The van der Waals surface area contributed by atoms with Crippen molar-refractivity contribution in [3.63, 3.8) is 0 Å². The average Bonchev–Trinajstić information content (AvgIpc) is 2.15. The summed E-state index contributed by atoms with van der Waals surface area (Å²) in [5.41, 5.74) is 3.87. The third kappa shape index (κ3) is 2.68. The molecule has 0 aliphatic rings. The van der Waals surface area contributed by atoms with Gasteiger partial charge in [-0.2, -0.15) is 13.2 Å². The molecule has 0 radical (unpaired) electrons. The first-order valence-electron chi connectivity index (χ1n) is 4.40. The van der Waals surface area contributed by atoms with Crippen LogP contribution in [0.4, 0.5) is 17.6 Å². The Morgan fingerprint density at radius 1 is 1.20 bits per heavy atom. The zero-order valence-corrected chi connectivity index (χ0v) is 8.05. The van der Waals surface area contributed by atoms with E-state index in [9.17, 15) is 17.6 Å². The molecule has 1 aromatic carbocycles. The fraction of sp³-hybridized carbons (Fsp3) is 0.400. The van der Waals surface area contributed by atoms with E-state index in [0.29, 0.717) is 0 Å². The topological polar surface area (TPSA) is 26.0 Å². The number of nitrogens with two attached hydrogens (primary N) is 1. The summed E-state index contributed by atoms with van der Waals surface area (Å²) in [6.07, 6.45) is -6.35. The van der Waals surface area contributed by atoms with Gasteiger partial charge in [0.1, 0.15) is 6.17 Å². The van der Waals surface area contributed by atoms with Gasteiger partial charge in [0.05, 0.1) is 5.56 Å². The first kappa shape index (κ1) is 12.0. The second-order valence-corrected chi connectivity index (χ2v) is 3.35. The van der Waals surface area contributed by atoms with Crippen LogP contribution >= 0.6 is 0 Å². The summed E-state index contributed by atoms with van der Waals surface area (Å²) in [5.74, 6) is 0. The highest BCUT2D eigenvalue weighted by atomic mass is 19.4. The highest BCUT2D eigenvalue weighted by Crippen LogP contribution is 2.36. The summed E-state index contributed by atoms with van der Waals surface area (Å²) in [4.78, 5) is 0. The molecule has 1 nitrogen and oxygen atoms in total. The highest BCUT2D eigenvalue weighted by Gasteiger charge is 2.35. The Hall–Kier alpha value is -1.10. The monoisotopic (exact) mass is 221 g/mol. The van der Waals surface area contributed by atoms with Crippen molar-refractivity contribution in [3.8, 4) is 0 Å². The fourth-order valence-electron chi connectivity index (χ4n) is 1.28. The third-order valence-corrected chi connectivity index (χ3v) is 2.02. The van der Waals surface area contributed by atoms with E-state index in [2.05, 4.69) is 0 Å². The van der Waals surface area contributed by atoms with Crippen molar-refractivity contribution in [2.24, 2.45) is 5.73 Å². The molecule has 2 unspecified atom stereocenters. The van der Waals surface area contributed by atoms with Crippen LogP contribution in [-0.4, -0.2) is 6.04 Å². The SMILES string of the molecule is CC(N)C(F)c1ccccc1C(F)(F)F. The van der Waals surface area contributed by atoms with Crippen LogP contribution in [0, 0.1) is 0 Å². The van der Waals surface area contributed by atoms with Crippen molar-refractivity contribution in [1.82, 2.24) is 0 Å². The minimum Gasteiger partial charge on any atom is -0.325 e. The predicted molar refractivity (Wildman–Crippen MR) is 48.9 cm³/mol. The molecule has 0 aliphatic carbocycles. The maximum absolute atomic E-state index is 13.4. The number of rotatable bonds is 2. The standard InChI is InChI=1S/C10H11F4N/c1-6(15)9(11)7-4-2-3-5-8(7)10(12,13)14/h2-6,9H,15H2,1H3. The Kier molecular flexibility index (Phi) is 3.34. The smallest absolute Gasteiger partial charge is 0.325 e. The number of halogens is 4. The summed E-state index contributed by atoms with van der Waals surface area (Å²) >= 11 is 0. The van der Waals surface area contributed by atoms with Gasteiger partial charge in [-0.3, -0.25) is 0 Å². The molecule has 1 aromatic rings. The number of alkyl halides is 4. The van der Waals surface area contributed by atoms with Crippen LogP contribution in [0.3, 0.4) is 0 Å². The van der Waals surface area contributed by atoms with Crippen LogP contribution in [0.1, 0.15) is 24.2 Å². The van der Waals surface area contributed by atoms with E-state index in [1.165, 1.54) is 19.1 Å². The average molecular weight is 221 g/mol. The summed E-state index contributed by atoms with van der Waals surface area (Å²) in [6, 6.07) is 3.58. The molecule has 0 aliphatic heterocycles. The summed E-state index contributed by atoms with van der Waals surface area (Å²) in [5, 5.41) is 0. The molecule has 0 spiro atoms. The fourth-order valence-corrected chi connectivity index (χ4v) is 1.28. The normalized spacial score (nSPS) is 16.1. The van der Waals surface area contributed by atoms with E-state index in [1.54, 1.807) is 0 Å². The molecule has 15 heavy (non-hydrogen) atoms. The number of benzene rings is 1. The molecule has 2 atom stereocenters. The lowest BCUT2D eigenvalue weighted by Crippen LogP contribution is -2.24. The Morgan fingerprint density at radius 2 is 1.73 bits per heavy atom. The van der Waals surface area contributed by atoms with E-state index in [4.69, 9.17) is 5.73 Å². The van der Waals surface area contributed by atoms with E-state index in [0.717, 1.165) is 12.1 Å². The molecule has 0 saturated heterocycles. The van der Waals surface area contributed by atoms with Crippen molar-refractivity contribution in [1.29, 1.82) is 0 Å². The Bertz CT molecular complexity index is 332. The van der Waals surface area contributed by atoms with Gasteiger partial charge in [0, 0.05) is 6.04 Å². The van der Waals surface area contributed by atoms with Crippen molar-refractivity contribution in [2.75, 3.05) is 0 Å². The second kappa shape index (κ2) is 4.18. The first-order chi connectivity index (χ1) is 6.84. The molecule has 1 rings (SSSR count). The van der Waals surface area contributed by atoms with Gasteiger partial charge in [-0.05, 0) is 18.6 Å². The molecule has 0 heterocycles. The Morgan fingerprint density at radius 3 is 2.20 bits per heavy atom. The van der Waals surface area contributed by atoms with E-state index >= 15 is 0 Å². The molecule has 84 valence electrons. The quantitative estimate of drug-likeness (QED) is 0.763. The summed E-state index contributed by atoms with van der Waals surface area (Å²) in [7, 11) is 0. The van der Waals surface area contributed by atoms with Gasteiger partial charge in [0.25, 0.3) is 0 Å². The maximum Gasteiger partial charge on any atom is 0.416 e. The van der Waals surface area contributed by atoms with Gasteiger partial charge < -0.3 is 5.73 Å². The minimum absolute atomic E-state index is 0.403. The Labute approximate surface area is 84.9 Å². The van der Waals surface area contributed by atoms with Crippen LogP contribution in [-0.2, 0) is 6.18 Å². The number of hydrogen-bond donors (Lipinski definition) is 1. The third-order valence-electron chi connectivity index (χ3n) is 2.02. The lowest BCUT2D eigenvalue weighted by atomic mass is 9.99. The number of hydrogen-bond acceptors (Lipinski definition) is 1. The molecule has 0 fully saturated rings. The molecule has 0 aromatic heterocycles. The van der Waals surface area contributed by atoms with Gasteiger partial charge in [-0.15, -0.1) is 0 Å². The Balaban J connectivity index is 3.18. The molecule has 5 heteroatoms. The molecule has 0 saturated carbocycles. The predicted octanol–water partition coefficient (Wildman–Crippen LogP) is 3.06. The van der Waals surface area contributed by atoms with E-state index < -0.39 is 29.5 Å². The van der Waals surface area contributed by atoms with Gasteiger partial charge in [0.2, 0.25) is 0 Å². The molecular weight excluding hydrogens is 210 g/mol. The van der Waals surface area contributed by atoms with E-state index in [-0.39, 0.29) is 0 Å². The lowest BCUT2D eigenvalue weighted by Gasteiger charge is -2.17. The van der Waals surface area contributed by atoms with Crippen molar-refractivity contribution in [2.45, 2.75) is 25.3 Å². The van der Waals surface area contributed by atoms with Gasteiger partial charge in [-0.1, -0.05) is 18.2 Å². The summed E-state index contributed by atoms with van der Waals surface area (Å²) < 4.78 is 50.8. The molecule has 0 bridgehead atoms. The second-order valence-electron chi connectivity index (χ2n) is 3.35. The van der Waals surface area contributed by atoms with Gasteiger partial charge >= 0.3 is 6.18 Å². The van der Waals surface area contributed by atoms with Crippen LogP contribution < -0.4 is 5.73 Å². The zero-order valence-electron chi connectivity index (χ0n) is 8.05. The van der Waals surface area contributed by atoms with E-state index in [1.807, 2.05) is 0 Å². The zero-order chi connectivity index (χ0) is 11.6. The van der Waals surface area contributed by atoms with Crippen molar-refractivity contribution >= 4 is 0 Å².